The van der Waals surface area contributed by atoms with Gasteiger partial charge in [-0.25, -0.2) is 8.42 Å². The van der Waals surface area contributed by atoms with Gasteiger partial charge in [0.15, 0.2) is 11.5 Å². The molecule has 10 heteroatoms. The first-order valence-electron chi connectivity index (χ1n) is 11.7. The molecule has 34 heavy (non-hydrogen) atoms. The number of pyridine rings is 1. The molecule has 4 rings (SSSR count). The van der Waals surface area contributed by atoms with E-state index in [2.05, 4.69) is 14.6 Å². The van der Waals surface area contributed by atoms with E-state index >= 15 is 0 Å². The molecule has 1 N–H and O–H groups in total. The van der Waals surface area contributed by atoms with Crippen LogP contribution in [0.3, 0.4) is 0 Å². The highest BCUT2D eigenvalue weighted by atomic mass is 32.2. The van der Waals surface area contributed by atoms with Crippen molar-refractivity contribution in [3.05, 3.63) is 48.3 Å². The van der Waals surface area contributed by atoms with E-state index in [1.165, 1.54) is 12.1 Å². The van der Waals surface area contributed by atoms with E-state index in [-0.39, 0.29) is 16.7 Å². The minimum absolute atomic E-state index is 0.0513. The van der Waals surface area contributed by atoms with Gasteiger partial charge < -0.3 is 14.4 Å². The maximum atomic E-state index is 13.3. The number of sulfonamides is 1. The molecule has 1 fully saturated rings. The van der Waals surface area contributed by atoms with Crippen LogP contribution in [0, 0.1) is 5.92 Å². The van der Waals surface area contributed by atoms with Crippen LogP contribution in [0.25, 0.3) is 0 Å². The van der Waals surface area contributed by atoms with Gasteiger partial charge in [-0.05, 0) is 30.2 Å². The van der Waals surface area contributed by atoms with Crippen molar-refractivity contribution in [2.24, 2.45) is 5.92 Å². The number of benzene rings is 1. The van der Waals surface area contributed by atoms with Crippen molar-refractivity contribution in [1.82, 2.24) is 19.5 Å². The summed E-state index contributed by atoms with van der Waals surface area (Å²) in [6.07, 6.45) is 2.51. The maximum absolute atomic E-state index is 13.3. The van der Waals surface area contributed by atoms with Gasteiger partial charge in [-0.3, -0.25) is 14.7 Å². The molecule has 2 aliphatic rings. The molecule has 0 saturated carbocycles. The van der Waals surface area contributed by atoms with Crippen LogP contribution < -0.4 is 14.2 Å². The molecule has 2 aromatic rings. The van der Waals surface area contributed by atoms with E-state index < -0.39 is 16.1 Å². The minimum Gasteiger partial charge on any atom is -0.490 e. The Labute approximate surface area is 201 Å². The van der Waals surface area contributed by atoms with Gasteiger partial charge in [0.1, 0.15) is 6.04 Å². The summed E-state index contributed by atoms with van der Waals surface area (Å²) in [5.74, 6) is 0.507. The molecule has 184 valence electrons. The number of rotatable bonds is 7. The summed E-state index contributed by atoms with van der Waals surface area (Å²) >= 11 is 0. The lowest BCUT2D eigenvalue weighted by atomic mass is 10.0. The fraction of sp³-hybridized carbons (Fsp3) is 0.500. The van der Waals surface area contributed by atoms with E-state index in [0.717, 1.165) is 18.7 Å². The summed E-state index contributed by atoms with van der Waals surface area (Å²) in [6.45, 7) is 7.91. The van der Waals surface area contributed by atoms with Gasteiger partial charge in [-0.15, -0.1) is 0 Å². The van der Waals surface area contributed by atoms with Gasteiger partial charge in [0.25, 0.3) is 0 Å². The highest BCUT2D eigenvalue weighted by molar-refractivity contribution is 7.89. The number of amides is 1. The van der Waals surface area contributed by atoms with E-state index in [1.54, 1.807) is 17.2 Å². The van der Waals surface area contributed by atoms with Crippen LogP contribution in [0.4, 0.5) is 0 Å². The predicted molar refractivity (Wildman–Crippen MR) is 127 cm³/mol. The minimum atomic E-state index is -3.94. The SMILES string of the molecule is CC(C)C(NS(=O)(=O)c1ccc2c(c1)OCCCO2)C(=O)N1CCN(Cc2ccccn2)CC1. The van der Waals surface area contributed by atoms with Crippen molar-refractivity contribution in [3.63, 3.8) is 0 Å². The summed E-state index contributed by atoms with van der Waals surface area (Å²) < 4.78 is 40.2. The van der Waals surface area contributed by atoms with E-state index in [4.69, 9.17) is 9.47 Å². The van der Waals surface area contributed by atoms with Gasteiger partial charge >= 0.3 is 0 Å². The molecule has 1 amide bonds. The lowest BCUT2D eigenvalue weighted by molar-refractivity contribution is -0.135. The standard InChI is InChI=1S/C24H32N4O5S/c1-18(2)23(24(29)28-12-10-27(11-13-28)17-19-6-3-4-9-25-19)26-34(30,31)20-7-8-21-22(16-20)33-15-5-14-32-21/h3-4,6-9,16,18,23,26H,5,10-15,17H2,1-2H3. The first-order chi connectivity index (χ1) is 16.3. The first kappa shape index (κ1) is 24.4. The van der Waals surface area contributed by atoms with E-state index in [0.29, 0.717) is 50.9 Å². The van der Waals surface area contributed by atoms with Crippen LogP contribution in [0.1, 0.15) is 26.0 Å². The summed E-state index contributed by atoms with van der Waals surface area (Å²) in [5.41, 5.74) is 0.991. The summed E-state index contributed by atoms with van der Waals surface area (Å²) in [6, 6.07) is 9.52. The van der Waals surface area contributed by atoms with Crippen LogP contribution in [0.2, 0.25) is 0 Å². The summed E-state index contributed by atoms with van der Waals surface area (Å²) in [4.78, 5) is 21.7. The second-order valence-electron chi connectivity index (χ2n) is 8.92. The first-order valence-corrected chi connectivity index (χ1v) is 13.1. The normalized spacial score (nSPS) is 17.9. The second kappa shape index (κ2) is 10.7. The molecule has 0 aliphatic carbocycles. The zero-order valence-electron chi connectivity index (χ0n) is 19.6. The van der Waals surface area contributed by atoms with E-state index in [1.807, 2.05) is 32.0 Å². The highest BCUT2D eigenvalue weighted by Crippen LogP contribution is 2.32. The molecule has 1 atom stereocenters. The lowest BCUT2D eigenvalue weighted by Crippen LogP contribution is -2.56. The predicted octanol–water partition coefficient (Wildman–Crippen LogP) is 1.89. The Morgan fingerprint density at radius 2 is 1.79 bits per heavy atom. The number of nitrogens with one attached hydrogen (secondary N) is 1. The monoisotopic (exact) mass is 488 g/mol. The summed E-state index contributed by atoms with van der Waals surface area (Å²) in [5, 5.41) is 0. The highest BCUT2D eigenvalue weighted by Gasteiger charge is 2.33. The third-order valence-corrected chi connectivity index (χ3v) is 7.48. The van der Waals surface area contributed by atoms with Gasteiger partial charge in [0.05, 0.1) is 23.8 Å². The van der Waals surface area contributed by atoms with Crippen LogP contribution in [-0.2, 0) is 21.4 Å². The number of fused-ring (bicyclic) bond motifs is 1. The number of ether oxygens (including phenoxy) is 2. The van der Waals surface area contributed by atoms with Crippen molar-refractivity contribution >= 4 is 15.9 Å². The molecular formula is C24H32N4O5S. The van der Waals surface area contributed by atoms with Gasteiger partial charge in [0.2, 0.25) is 15.9 Å². The molecular weight excluding hydrogens is 456 g/mol. The molecule has 3 heterocycles. The van der Waals surface area contributed by atoms with Gasteiger partial charge in [0, 0.05) is 51.4 Å². The summed E-state index contributed by atoms with van der Waals surface area (Å²) in [7, 11) is -3.94. The van der Waals surface area contributed by atoms with Gasteiger partial charge in [-0.2, -0.15) is 4.72 Å². The number of hydrogen-bond acceptors (Lipinski definition) is 7. The molecule has 0 bridgehead atoms. The number of nitrogens with zero attached hydrogens (tertiary/aromatic N) is 3. The number of aromatic nitrogens is 1. The third-order valence-electron chi connectivity index (χ3n) is 6.04. The number of piperazine rings is 1. The van der Waals surface area contributed by atoms with Crippen LogP contribution >= 0.6 is 0 Å². The van der Waals surface area contributed by atoms with Crippen molar-refractivity contribution in [2.75, 3.05) is 39.4 Å². The zero-order valence-corrected chi connectivity index (χ0v) is 20.5. The van der Waals surface area contributed by atoms with Gasteiger partial charge in [-0.1, -0.05) is 19.9 Å². The second-order valence-corrected chi connectivity index (χ2v) is 10.6. The fourth-order valence-corrected chi connectivity index (χ4v) is 5.41. The van der Waals surface area contributed by atoms with Crippen LogP contribution in [0.15, 0.2) is 47.5 Å². The molecule has 0 spiro atoms. The molecule has 1 unspecified atom stereocenters. The zero-order chi connectivity index (χ0) is 24.1. The smallest absolute Gasteiger partial charge is 0.241 e. The van der Waals surface area contributed by atoms with Crippen molar-refractivity contribution in [3.8, 4) is 11.5 Å². The number of carbonyl (C=O) groups is 1. The van der Waals surface area contributed by atoms with Crippen molar-refractivity contribution in [1.29, 1.82) is 0 Å². The average Bonchev–Trinajstić information content (AvgIpc) is 3.08. The Hall–Kier alpha value is -2.69. The largest absolute Gasteiger partial charge is 0.490 e. The van der Waals surface area contributed by atoms with Crippen molar-refractivity contribution < 1.29 is 22.7 Å². The molecule has 1 aromatic heterocycles. The Bertz CT molecular complexity index is 1090. The maximum Gasteiger partial charge on any atom is 0.241 e. The Morgan fingerprint density at radius 3 is 2.47 bits per heavy atom. The van der Waals surface area contributed by atoms with Crippen LogP contribution in [0.5, 0.6) is 11.5 Å². The Kier molecular flexibility index (Phi) is 7.70. The lowest BCUT2D eigenvalue weighted by Gasteiger charge is -2.37. The average molecular weight is 489 g/mol. The van der Waals surface area contributed by atoms with Crippen LogP contribution in [-0.4, -0.2) is 74.5 Å². The van der Waals surface area contributed by atoms with Crippen molar-refractivity contribution in [2.45, 2.75) is 37.8 Å². The molecule has 0 radical (unpaired) electrons. The Morgan fingerprint density at radius 1 is 1.06 bits per heavy atom. The fourth-order valence-electron chi connectivity index (χ4n) is 4.06. The molecule has 2 aliphatic heterocycles. The van der Waals surface area contributed by atoms with E-state index in [9.17, 15) is 13.2 Å². The third kappa shape index (κ3) is 5.86. The number of hydrogen-bond donors (Lipinski definition) is 1. The molecule has 1 saturated heterocycles. The molecule has 9 nitrogen and oxygen atoms in total. The molecule has 1 aromatic carbocycles. The Balaban J connectivity index is 1.41. The quantitative estimate of drug-likeness (QED) is 0.635. The number of carbonyl (C=O) groups excluding carboxylic acids is 1. The topological polar surface area (TPSA) is 101 Å².